The van der Waals surface area contributed by atoms with Crippen LogP contribution in [0.25, 0.3) is 0 Å². The summed E-state index contributed by atoms with van der Waals surface area (Å²) < 4.78 is 16.9. The molecule has 0 saturated heterocycles. The summed E-state index contributed by atoms with van der Waals surface area (Å²) in [5.74, 6) is -0.929. The highest BCUT2D eigenvalue weighted by molar-refractivity contribution is 5.71. The number of hydrogen-bond donors (Lipinski definition) is 0. The predicted octanol–water partition coefficient (Wildman–Crippen LogP) is 19.8. The number of carbonyl (C=O) groups is 3. The second-order valence-electron chi connectivity index (χ2n) is 19.7. The van der Waals surface area contributed by atoms with Crippen molar-refractivity contribution in [1.29, 1.82) is 0 Å². The third kappa shape index (κ3) is 55.6. The van der Waals surface area contributed by atoms with Crippen LogP contribution in [0.1, 0.15) is 290 Å². The van der Waals surface area contributed by atoms with Crippen LogP contribution in [0.4, 0.5) is 0 Å². The van der Waals surface area contributed by atoms with Gasteiger partial charge in [0.05, 0.1) is 0 Å². The first-order valence-electron chi connectivity index (χ1n) is 29.5. The topological polar surface area (TPSA) is 78.9 Å². The molecule has 0 aliphatic rings. The Labute approximate surface area is 427 Å². The van der Waals surface area contributed by atoms with E-state index in [1.807, 2.05) is 0 Å². The summed E-state index contributed by atoms with van der Waals surface area (Å²) in [6.07, 6.45) is 73.1. The molecule has 0 heterocycles. The Morgan fingerprint density at radius 2 is 0.522 bits per heavy atom. The Balaban J connectivity index is 4.45. The van der Waals surface area contributed by atoms with Crippen LogP contribution < -0.4 is 0 Å². The lowest BCUT2D eigenvalue weighted by atomic mass is 10.0. The quantitative estimate of drug-likeness (QED) is 0.0262. The number of unbranched alkanes of at least 4 members (excludes halogenated alkanes) is 34. The van der Waals surface area contributed by atoms with Gasteiger partial charge < -0.3 is 14.2 Å². The van der Waals surface area contributed by atoms with E-state index in [9.17, 15) is 14.4 Å². The maximum Gasteiger partial charge on any atom is 0.306 e. The SMILES string of the molecule is CCCCC\C=C/C=C\C=C/C=C\CCCCCCCC(=O)OCC(COC(=O)CCCCC/C=C\C=C/CCCCCCCCC)OC(=O)CCCCCCCCCCCCCCCCCCC. The summed E-state index contributed by atoms with van der Waals surface area (Å²) in [6, 6.07) is 0. The molecule has 1 unspecified atom stereocenters. The van der Waals surface area contributed by atoms with Crippen molar-refractivity contribution >= 4 is 17.9 Å². The molecular weight excluding hydrogens is 853 g/mol. The standard InChI is InChI=1S/C63H110O6/c1-4-7-10-13-16-19-22-25-28-31-33-35-38-41-44-47-50-53-56-62(65)68-59-60(58-67-61(64)55-52-49-46-43-40-37-34-30-27-24-21-18-15-12-9-6-3)69-63(66)57-54-51-48-45-42-39-36-32-29-26-23-20-17-14-11-8-5-2/h16,19,22,25,28,30-31,33-35,37,40,60H,4-15,17-18,20-21,23-24,26-27,29,32,36,38-39,41-59H2,1-3H3/b19-16-,25-22-,31-28-,34-30-,35-33-,40-37-. The Hall–Kier alpha value is -3.15. The van der Waals surface area contributed by atoms with Gasteiger partial charge in [0, 0.05) is 19.3 Å². The number of esters is 3. The number of ether oxygens (including phenoxy) is 3. The maximum atomic E-state index is 12.9. The zero-order chi connectivity index (χ0) is 50.0. The maximum absolute atomic E-state index is 12.9. The average molecular weight is 964 g/mol. The largest absolute Gasteiger partial charge is 0.462 e. The first kappa shape index (κ1) is 65.8. The van der Waals surface area contributed by atoms with Crippen molar-refractivity contribution in [2.45, 2.75) is 297 Å². The fourth-order valence-corrected chi connectivity index (χ4v) is 8.33. The number of carbonyl (C=O) groups excluding carboxylic acids is 3. The molecule has 0 aliphatic carbocycles. The number of rotatable bonds is 53. The van der Waals surface area contributed by atoms with E-state index in [-0.39, 0.29) is 31.1 Å². The smallest absolute Gasteiger partial charge is 0.306 e. The summed E-state index contributed by atoms with van der Waals surface area (Å²) >= 11 is 0. The van der Waals surface area contributed by atoms with Crippen LogP contribution in [0, 0.1) is 0 Å². The van der Waals surface area contributed by atoms with Gasteiger partial charge in [-0.25, -0.2) is 0 Å². The second kappa shape index (κ2) is 57.4. The van der Waals surface area contributed by atoms with Gasteiger partial charge in [0.2, 0.25) is 0 Å². The Kier molecular flexibility index (Phi) is 54.8. The molecule has 398 valence electrons. The van der Waals surface area contributed by atoms with Crippen LogP contribution in [0.3, 0.4) is 0 Å². The highest BCUT2D eigenvalue weighted by Gasteiger charge is 2.19. The molecule has 0 aromatic rings. The van der Waals surface area contributed by atoms with Gasteiger partial charge in [-0.15, -0.1) is 0 Å². The summed E-state index contributed by atoms with van der Waals surface area (Å²) in [6.45, 7) is 6.58. The Bertz CT molecular complexity index is 1290. The van der Waals surface area contributed by atoms with Crippen LogP contribution in [-0.2, 0) is 28.6 Å². The van der Waals surface area contributed by atoms with Gasteiger partial charge in [0.1, 0.15) is 13.2 Å². The molecule has 0 spiro atoms. The molecule has 0 saturated carbocycles. The van der Waals surface area contributed by atoms with Gasteiger partial charge in [0.15, 0.2) is 6.10 Å². The lowest BCUT2D eigenvalue weighted by Crippen LogP contribution is -2.30. The van der Waals surface area contributed by atoms with Crippen LogP contribution in [0.2, 0.25) is 0 Å². The van der Waals surface area contributed by atoms with E-state index in [1.54, 1.807) is 0 Å². The molecule has 0 fully saturated rings. The number of hydrogen-bond acceptors (Lipinski definition) is 6. The van der Waals surface area contributed by atoms with Crippen LogP contribution in [0.15, 0.2) is 72.9 Å². The van der Waals surface area contributed by atoms with Crippen molar-refractivity contribution in [2.75, 3.05) is 13.2 Å². The molecule has 0 bridgehead atoms. The highest BCUT2D eigenvalue weighted by atomic mass is 16.6. The third-order valence-electron chi connectivity index (χ3n) is 12.8. The van der Waals surface area contributed by atoms with E-state index in [4.69, 9.17) is 14.2 Å². The molecule has 69 heavy (non-hydrogen) atoms. The number of allylic oxidation sites excluding steroid dienone is 12. The monoisotopic (exact) mass is 963 g/mol. The van der Waals surface area contributed by atoms with E-state index in [0.717, 1.165) is 96.3 Å². The fourth-order valence-electron chi connectivity index (χ4n) is 8.33. The molecule has 0 amide bonds. The molecule has 6 nitrogen and oxygen atoms in total. The van der Waals surface area contributed by atoms with Gasteiger partial charge in [-0.2, -0.15) is 0 Å². The van der Waals surface area contributed by atoms with Crippen molar-refractivity contribution in [3.05, 3.63) is 72.9 Å². The summed E-state index contributed by atoms with van der Waals surface area (Å²) in [5.41, 5.74) is 0. The lowest BCUT2D eigenvalue weighted by molar-refractivity contribution is -0.167. The van der Waals surface area contributed by atoms with E-state index >= 15 is 0 Å². The van der Waals surface area contributed by atoms with Gasteiger partial charge in [-0.1, -0.05) is 273 Å². The van der Waals surface area contributed by atoms with Gasteiger partial charge in [-0.05, 0) is 70.6 Å². The first-order chi connectivity index (χ1) is 34.0. The molecular formula is C63H110O6. The van der Waals surface area contributed by atoms with E-state index < -0.39 is 6.10 Å². The van der Waals surface area contributed by atoms with Gasteiger partial charge in [0.25, 0.3) is 0 Å². The molecule has 1 atom stereocenters. The minimum atomic E-state index is -0.795. The van der Waals surface area contributed by atoms with E-state index in [1.165, 1.54) is 154 Å². The van der Waals surface area contributed by atoms with Gasteiger partial charge >= 0.3 is 17.9 Å². The van der Waals surface area contributed by atoms with E-state index in [0.29, 0.717) is 19.3 Å². The fraction of sp³-hybridized carbons (Fsp3) is 0.762. The molecule has 6 heteroatoms. The molecule has 0 aromatic heterocycles. The Morgan fingerprint density at radius 3 is 0.870 bits per heavy atom. The van der Waals surface area contributed by atoms with Crippen molar-refractivity contribution < 1.29 is 28.6 Å². The normalized spacial score (nSPS) is 12.6. The summed E-state index contributed by atoms with van der Waals surface area (Å²) in [5, 5.41) is 0. The van der Waals surface area contributed by atoms with Crippen LogP contribution in [0.5, 0.6) is 0 Å². The predicted molar refractivity (Wildman–Crippen MR) is 298 cm³/mol. The second-order valence-corrected chi connectivity index (χ2v) is 19.7. The van der Waals surface area contributed by atoms with Crippen molar-refractivity contribution in [1.82, 2.24) is 0 Å². The first-order valence-corrected chi connectivity index (χ1v) is 29.5. The molecule has 0 rings (SSSR count). The highest BCUT2D eigenvalue weighted by Crippen LogP contribution is 2.16. The lowest BCUT2D eigenvalue weighted by Gasteiger charge is -2.18. The molecule has 0 radical (unpaired) electrons. The van der Waals surface area contributed by atoms with E-state index in [2.05, 4.69) is 93.7 Å². The zero-order valence-corrected chi connectivity index (χ0v) is 45.6. The molecule has 0 aromatic carbocycles. The molecule has 0 aliphatic heterocycles. The zero-order valence-electron chi connectivity index (χ0n) is 45.6. The van der Waals surface area contributed by atoms with Crippen molar-refractivity contribution in [2.24, 2.45) is 0 Å². The minimum Gasteiger partial charge on any atom is -0.462 e. The molecule has 0 N–H and O–H groups in total. The average Bonchev–Trinajstić information content (AvgIpc) is 3.35. The summed E-state index contributed by atoms with van der Waals surface area (Å²) in [7, 11) is 0. The third-order valence-corrected chi connectivity index (χ3v) is 12.8. The van der Waals surface area contributed by atoms with Crippen LogP contribution >= 0.6 is 0 Å². The van der Waals surface area contributed by atoms with Crippen molar-refractivity contribution in [3.8, 4) is 0 Å². The van der Waals surface area contributed by atoms with Crippen molar-refractivity contribution in [3.63, 3.8) is 0 Å². The Morgan fingerprint density at radius 1 is 0.290 bits per heavy atom. The van der Waals surface area contributed by atoms with Gasteiger partial charge in [-0.3, -0.25) is 14.4 Å². The minimum absolute atomic E-state index is 0.0942. The summed E-state index contributed by atoms with van der Waals surface area (Å²) in [4.78, 5) is 38.2. The van der Waals surface area contributed by atoms with Crippen LogP contribution in [-0.4, -0.2) is 37.2 Å².